The summed E-state index contributed by atoms with van der Waals surface area (Å²) in [7, 11) is 2.88. The molecule has 10 nitrogen and oxygen atoms in total. The molecule has 2 aromatic carbocycles. The molecule has 148 valence electrons. The van der Waals surface area contributed by atoms with Crippen LogP contribution in [-0.4, -0.2) is 37.6 Å². The molecule has 0 saturated carbocycles. The van der Waals surface area contributed by atoms with E-state index in [9.17, 15) is 19.7 Å². The van der Waals surface area contributed by atoms with Crippen molar-refractivity contribution in [3.8, 4) is 17.2 Å². The molecule has 0 radical (unpaired) electrons. The Morgan fingerprint density at radius 1 is 0.964 bits per heavy atom. The first-order valence-corrected chi connectivity index (χ1v) is 8.14. The highest BCUT2D eigenvalue weighted by Gasteiger charge is 2.19. The van der Waals surface area contributed by atoms with Gasteiger partial charge in [-0.05, 0) is 31.2 Å². The summed E-state index contributed by atoms with van der Waals surface area (Å²) >= 11 is 0. The summed E-state index contributed by atoms with van der Waals surface area (Å²) in [6, 6.07) is 8.27. The fraction of sp³-hybridized carbons (Fsp3) is 0.222. The van der Waals surface area contributed by atoms with Crippen molar-refractivity contribution in [2.75, 3.05) is 20.8 Å². The molecule has 2 aromatic rings. The van der Waals surface area contributed by atoms with Gasteiger partial charge in [-0.25, -0.2) is 0 Å². The van der Waals surface area contributed by atoms with Crippen molar-refractivity contribution in [2.45, 2.75) is 6.92 Å². The van der Waals surface area contributed by atoms with Crippen LogP contribution in [0.5, 0.6) is 17.2 Å². The summed E-state index contributed by atoms with van der Waals surface area (Å²) in [5.41, 5.74) is 4.27. The highest BCUT2D eigenvalue weighted by molar-refractivity contribution is 5.99. The van der Waals surface area contributed by atoms with Gasteiger partial charge in [-0.15, -0.1) is 0 Å². The number of carbonyl (C=O) groups is 2. The fourth-order valence-electron chi connectivity index (χ4n) is 2.28. The predicted octanol–water partition coefficient (Wildman–Crippen LogP) is 2.09. The number of nitrogens with zero attached hydrogens (tertiary/aromatic N) is 1. The molecule has 2 rings (SSSR count). The maximum absolute atomic E-state index is 12.3. The minimum atomic E-state index is -0.727. The van der Waals surface area contributed by atoms with Crippen LogP contribution in [0.2, 0.25) is 0 Å². The Labute approximate surface area is 160 Å². The Kier molecular flexibility index (Phi) is 6.74. The molecule has 2 amide bonds. The number of nitro groups is 1. The van der Waals surface area contributed by atoms with E-state index in [1.807, 2.05) is 0 Å². The maximum Gasteiger partial charge on any atom is 0.311 e. The van der Waals surface area contributed by atoms with E-state index in [4.69, 9.17) is 14.2 Å². The summed E-state index contributed by atoms with van der Waals surface area (Å²) in [5, 5.41) is 11.1. The number of carbonyl (C=O) groups excluding carboxylic acids is 2. The molecule has 10 heteroatoms. The molecule has 0 aromatic heterocycles. The van der Waals surface area contributed by atoms with Gasteiger partial charge >= 0.3 is 5.69 Å². The topological polar surface area (TPSA) is 129 Å². The second-order valence-corrected chi connectivity index (χ2v) is 5.38. The third-order valence-electron chi connectivity index (χ3n) is 3.62. The smallest absolute Gasteiger partial charge is 0.311 e. The monoisotopic (exact) mass is 389 g/mol. The first kappa shape index (κ1) is 20.5. The highest BCUT2D eigenvalue weighted by Crippen LogP contribution is 2.28. The standard InChI is InChI=1S/C18H19N3O7/c1-4-28-16-6-5-11(9-15(16)21(24)25)17(22)19-20-18(23)12-7-13(26-2)10-14(8-12)27-3/h5-10H,4H2,1-3H3,(H,19,22)(H,20,23). The summed E-state index contributed by atoms with van der Waals surface area (Å²) in [4.78, 5) is 35.0. The van der Waals surface area contributed by atoms with Crippen LogP contribution in [0.1, 0.15) is 27.6 Å². The van der Waals surface area contributed by atoms with E-state index in [0.29, 0.717) is 11.5 Å². The second kappa shape index (κ2) is 9.21. The number of hydrogen-bond donors (Lipinski definition) is 2. The second-order valence-electron chi connectivity index (χ2n) is 5.38. The van der Waals surface area contributed by atoms with E-state index in [-0.39, 0.29) is 29.2 Å². The van der Waals surface area contributed by atoms with Gasteiger partial charge in [-0.2, -0.15) is 0 Å². The lowest BCUT2D eigenvalue weighted by molar-refractivity contribution is -0.385. The Hall–Kier alpha value is -3.82. The van der Waals surface area contributed by atoms with Crippen molar-refractivity contribution in [3.05, 3.63) is 57.6 Å². The lowest BCUT2D eigenvalue weighted by Gasteiger charge is -2.11. The number of nitrogens with one attached hydrogen (secondary N) is 2. The molecule has 0 bridgehead atoms. The molecule has 0 aliphatic heterocycles. The van der Waals surface area contributed by atoms with Gasteiger partial charge in [0.1, 0.15) is 11.5 Å². The van der Waals surface area contributed by atoms with Crippen molar-refractivity contribution in [2.24, 2.45) is 0 Å². The molecule has 0 spiro atoms. The molecule has 0 saturated heterocycles. The van der Waals surface area contributed by atoms with Gasteiger partial charge in [0.15, 0.2) is 5.75 Å². The number of amides is 2. The predicted molar refractivity (Wildman–Crippen MR) is 98.7 cm³/mol. The quantitative estimate of drug-likeness (QED) is 0.548. The van der Waals surface area contributed by atoms with Crippen LogP contribution < -0.4 is 25.1 Å². The zero-order valence-corrected chi connectivity index (χ0v) is 15.5. The van der Waals surface area contributed by atoms with Gasteiger partial charge in [0.05, 0.1) is 25.7 Å². The average molecular weight is 389 g/mol. The van der Waals surface area contributed by atoms with Crippen LogP contribution >= 0.6 is 0 Å². The maximum atomic E-state index is 12.3. The molecular weight excluding hydrogens is 370 g/mol. The summed E-state index contributed by atoms with van der Waals surface area (Å²) in [6.07, 6.45) is 0. The molecule has 0 heterocycles. The number of methoxy groups -OCH3 is 2. The molecular formula is C18H19N3O7. The van der Waals surface area contributed by atoms with E-state index < -0.39 is 16.7 Å². The molecule has 0 atom stereocenters. The molecule has 0 aliphatic rings. The average Bonchev–Trinajstić information content (AvgIpc) is 2.71. The van der Waals surface area contributed by atoms with Gasteiger partial charge < -0.3 is 14.2 Å². The number of ether oxygens (including phenoxy) is 3. The number of benzene rings is 2. The van der Waals surface area contributed by atoms with Gasteiger partial charge in [0.25, 0.3) is 11.8 Å². The van der Waals surface area contributed by atoms with Crippen molar-refractivity contribution in [1.82, 2.24) is 10.9 Å². The van der Waals surface area contributed by atoms with Gasteiger partial charge in [-0.1, -0.05) is 0 Å². The Bertz CT molecular complexity index is 876. The van der Waals surface area contributed by atoms with E-state index in [0.717, 1.165) is 6.07 Å². The largest absolute Gasteiger partial charge is 0.497 e. The van der Waals surface area contributed by atoms with Gasteiger partial charge in [0, 0.05) is 23.3 Å². The van der Waals surface area contributed by atoms with Crippen LogP contribution in [0.4, 0.5) is 5.69 Å². The number of rotatable bonds is 7. The number of nitro benzene ring substituents is 1. The highest BCUT2D eigenvalue weighted by atomic mass is 16.6. The first-order valence-electron chi connectivity index (χ1n) is 8.14. The lowest BCUT2D eigenvalue weighted by Crippen LogP contribution is -2.41. The third-order valence-corrected chi connectivity index (χ3v) is 3.62. The van der Waals surface area contributed by atoms with Crippen molar-refractivity contribution in [3.63, 3.8) is 0 Å². The number of hydrazine groups is 1. The minimum absolute atomic E-state index is 0.0151. The first-order chi connectivity index (χ1) is 13.4. The zero-order chi connectivity index (χ0) is 20.7. The van der Waals surface area contributed by atoms with Crippen LogP contribution in [0.3, 0.4) is 0 Å². The zero-order valence-electron chi connectivity index (χ0n) is 15.5. The fourth-order valence-corrected chi connectivity index (χ4v) is 2.28. The minimum Gasteiger partial charge on any atom is -0.497 e. The van der Waals surface area contributed by atoms with Crippen molar-refractivity contribution >= 4 is 17.5 Å². The summed E-state index contributed by atoms with van der Waals surface area (Å²) in [6.45, 7) is 1.93. The molecule has 2 N–H and O–H groups in total. The van der Waals surface area contributed by atoms with Gasteiger partial charge in [-0.3, -0.25) is 30.6 Å². The number of hydrogen-bond acceptors (Lipinski definition) is 7. The van der Waals surface area contributed by atoms with E-state index in [1.54, 1.807) is 13.0 Å². The Balaban J connectivity index is 2.12. The lowest BCUT2D eigenvalue weighted by atomic mass is 10.1. The van der Waals surface area contributed by atoms with Crippen LogP contribution in [0.15, 0.2) is 36.4 Å². The molecule has 0 unspecified atom stereocenters. The Morgan fingerprint density at radius 2 is 1.54 bits per heavy atom. The summed E-state index contributed by atoms with van der Waals surface area (Å²) < 4.78 is 15.3. The van der Waals surface area contributed by atoms with Crippen molar-refractivity contribution < 1.29 is 28.7 Å². The molecule has 0 fully saturated rings. The van der Waals surface area contributed by atoms with E-state index >= 15 is 0 Å². The van der Waals surface area contributed by atoms with E-state index in [2.05, 4.69) is 10.9 Å². The molecule has 0 aliphatic carbocycles. The Morgan fingerprint density at radius 3 is 2.04 bits per heavy atom. The SMILES string of the molecule is CCOc1ccc(C(=O)NNC(=O)c2cc(OC)cc(OC)c2)cc1[N+](=O)[O-]. The van der Waals surface area contributed by atoms with Crippen LogP contribution in [-0.2, 0) is 0 Å². The van der Waals surface area contributed by atoms with Gasteiger partial charge in [0.2, 0.25) is 0 Å². The molecule has 28 heavy (non-hydrogen) atoms. The van der Waals surface area contributed by atoms with E-state index in [1.165, 1.54) is 38.5 Å². The van der Waals surface area contributed by atoms with Crippen molar-refractivity contribution in [1.29, 1.82) is 0 Å². The van der Waals surface area contributed by atoms with Crippen LogP contribution in [0, 0.1) is 10.1 Å². The normalized spacial score (nSPS) is 9.96. The summed E-state index contributed by atoms with van der Waals surface area (Å²) in [5.74, 6) is -0.493. The van der Waals surface area contributed by atoms with Crippen LogP contribution in [0.25, 0.3) is 0 Å². The third kappa shape index (κ3) is 4.87.